The molecule has 0 heterocycles. The average Bonchev–Trinajstić information content (AvgIpc) is 2.44. The zero-order chi connectivity index (χ0) is 15.0. The molecular formula is C14H15NO5. The predicted molar refractivity (Wildman–Crippen MR) is 71.8 cm³/mol. The molecule has 0 saturated carbocycles. The number of nitro groups is 1. The number of Topliss-reactive ketones (excluding diaryl/α,β-unsaturated/α-hetero) is 1. The van der Waals surface area contributed by atoms with Crippen molar-refractivity contribution in [3.05, 3.63) is 58.7 Å². The topological polar surface area (TPSA) is 86.5 Å². The Morgan fingerprint density at radius 2 is 2.00 bits per heavy atom. The monoisotopic (exact) mass is 277 g/mol. The van der Waals surface area contributed by atoms with Crippen molar-refractivity contribution in [1.82, 2.24) is 0 Å². The van der Waals surface area contributed by atoms with E-state index in [0.29, 0.717) is 5.56 Å². The SMILES string of the molecule is C=CCOC(=O)C(=O)C[C@@H](C[N+](=O)[O-])c1ccccc1. The molecule has 0 N–H and O–H groups in total. The van der Waals surface area contributed by atoms with E-state index in [4.69, 9.17) is 0 Å². The molecule has 106 valence electrons. The maximum Gasteiger partial charge on any atom is 0.374 e. The molecule has 0 radical (unpaired) electrons. The van der Waals surface area contributed by atoms with Crippen molar-refractivity contribution in [1.29, 1.82) is 0 Å². The van der Waals surface area contributed by atoms with Gasteiger partial charge in [-0.15, -0.1) is 0 Å². The maximum atomic E-state index is 11.7. The van der Waals surface area contributed by atoms with Crippen molar-refractivity contribution in [2.75, 3.05) is 13.2 Å². The summed E-state index contributed by atoms with van der Waals surface area (Å²) in [4.78, 5) is 33.2. The van der Waals surface area contributed by atoms with Gasteiger partial charge < -0.3 is 4.74 Å². The van der Waals surface area contributed by atoms with Crippen LogP contribution in [0.25, 0.3) is 0 Å². The summed E-state index contributed by atoms with van der Waals surface area (Å²) in [7, 11) is 0. The number of carbonyl (C=O) groups is 2. The van der Waals surface area contributed by atoms with E-state index in [0.717, 1.165) is 0 Å². The molecule has 6 nitrogen and oxygen atoms in total. The molecular weight excluding hydrogens is 262 g/mol. The summed E-state index contributed by atoms with van der Waals surface area (Å²) >= 11 is 0. The maximum absolute atomic E-state index is 11.7. The first-order chi connectivity index (χ1) is 9.54. The molecule has 1 atom stereocenters. The molecule has 1 aromatic carbocycles. The summed E-state index contributed by atoms with van der Waals surface area (Å²) < 4.78 is 4.62. The zero-order valence-electron chi connectivity index (χ0n) is 10.9. The molecule has 0 unspecified atom stereocenters. The fourth-order valence-electron chi connectivity index (χ4n) is 1.72. The van der Waals surface area contributed by atoms with E-state index >= 15 is 0 Å². The standard InChI is InChI=1S/C14H15NO5/c1-2-8-20-14(17)13(16)9-12(10-15(18)19)11-6-4-3-5-7-11/h2-7,12H,1,8-10H2/t12-/m0/s1. The van der Waals surface area contributed by atoms with E-state index in [9.17, 15) is 19.7 Å². The van der Waals surface area contributed by atoms with Crippen LogP contribution in [0.3, 0.4) is 0 Å². The van der Waals surface area contributed by atoms with Crippen LogP contribution in [-0.2, 0) is 14.3 Å². The van der Waals surface area contributed by atoms with E-state index in [1.807, 2.05) is 0 Å². The Hall–Kier alpha value is -2.50. The number of esters is 1. The third-order valence-electron chi connectivity index (χ3n) is 2.63. The highest BCUT2D eigenvalue weighted by molar-refractivity contribution is 6.33. The first-order valence-electron chi connectivity index (χ1n) is 6.02. The van der Waals surface area contributed by atoms with E-state index in [2.05, 4.69) is 11.3 Å². The number of ether oxygens (including phenoxy) is 1. The van der Waals surface area contributed by atoms with Gasteiger partial charge in [-0.3, -0.25) is 14.9 Å². The highest BCUT2D eigenvalue weighted by atomic mass is 16.6. The molecule has 0 bridgehead atoms. The van der Waals surface area contributed by atoms with Crippen LogP contribution < -0.4 is 0 Å². The number of carbonyl (C=O) groups excluding carboxylic acids is 2. The summed E-state index contributed by atoms with van der Waals surface area (Å²) in [5.74, 6) is -2.41. The number of benzene rings is 1. The Balaban J connectivity index is 2.75. The molecule has 1 rings (SSSR count). The molecule has 0 spiro atoms. The van der Waals surface area contributed by atoms with Crippen LogP contribution in [0.1, 0.15) is 17.9 Å². The highest BCUT2D eigenvalue weighted by Gasteiger charge is 2.25. The third kappa shape index (κ3) is 5.01. The number of nitrogens with zero attached hydrogens (tertiary/aromatic N) is 1. The van der Waals surface area contributed by atoms with Gasteiger partial charge in [0, 0.05) is 11.3 Å². The molecule has 0 aliphatic rings. The van der Waals surface area contributed by atoms with Gasteiger partial charge in [0.1, 0.15) is 6.61 Å². The molecule has 20 heavy (non-hydrogen) atoms. The van der Waals surface area contributed by atoms with Crippen molar-refractivity contribution >= 4 is 11.8 Å². The minimum atomic E-state index is -0.992. The van der Waals surface area contributed by atoms with E-state index in [1.165, 1.54) is 6.08 Å². The predicted octanol–water partition coefficient (Wildman–Crippen LogP) is 1.74. The van der Waals surface area contributed by atoms with E-state index in [1.54, 1.807) is 30.3 Å². The van der Waals surface area contributed by atoms with Crippen molar-refractivity contribution in [2.24, 2.45) is 0 Å². The Bertz CT molecular complexity index is 498. The molecule has 0 aliphatic heterocycles. The minimum Gasteiger partial charge on any atom is -0.456 e. The van der Waals surface area contributed by atoms with Crippen molar-refractivity contribution in [3.63, 3.8) is 0 Å². The first-order valence-corrected chi connectivity index (χ1v) is 6.02. The highest BCUT2D eigenvalue weighted by Crippen LogP contribution is 2.20. The third-order valence-corrected chi connectivity index (χ3v) is 2.63. The lowest BCUT2D eigenvalue weighted by molar-refractivity contribution is -0.483. The zero-order valence-corrected chi connectivity index (χ0v) is 10.9. The van der Waals surface area contributed by atoms with Crippen LogP contribution in [0.15, 0.2) is 43.0 Å². The van der Waals surface area contributed by atoms with Crippen LogP contribution in [0.5, 0.6) is 0 Å². The van der Waals surface area contributed by atoms with Crippen LogP contribution >= 0.6 is 0 Å². The molecule has 6 heteroatoms. The smallest absolute Gasteiger partial charge is 0.374 e. The number of hydrogen-bond donors (Lipinski definition) is 0. The summed E-state index contributed by atoms with van der Waals surface area (Å²) in [5.41, 5.74) is 0.647. The lowest BCUT2D eigenvalue weighted by Crippen LogP contribution is -2.23. The number of hydrogen-bond acceptors (Lipinski definition) is 5. The van der Waals surface area contributed by atoms with Gasteiger partial charge in [0.25, 0.3) is 0 Å². The fourth-order valence-corrected chi connectivity index (χ4v) is 1.72. The van der Waals surface area contributed by atoms with Crippen molar-refractivity contribution < 1.29 is 19.2 Å². The summed E-state index contributed by atoms with van der Waals surface area (Å²) in [6, 6.07) is 8.60. The van der Waals surface area contributed by atoms with Gasteiger partial charge in [0.15, 0.2) is 0 Å². The second-order valence-electron chi connectivity index (χ2n) is 4.14. The van der Waals surface area contributed by atoms with Gasteiger partial charge in [0.05, 0.1) is 5.92 Å². The number of rotatable bonds is 8. The first kappa shape index (κ1) is 15.6. The second kappa shape index (κ2) is 7.83. The molecule has 0 aromatic heterocycles. The summed E-state index contributed by atoms with van der Waals surface area (Å²) in [6.45, 7) is 2.89. The summed E-state index contributed by atoms with van der Waals surface area (Å²) in [6.07, 6.45) is 1.10. The van der Waals surface area contributed by atoms with Crippen LogP contribution in [0.4, 0.5) is 0 Å². The molecule has 0 fully saturated rings. The molecule has 1 aromatic rings. The van der Waals surface area contributed by atoms with Crippen LogP contribution in [-0.4, -0.2) is 29.8 Å². The van der Waals surface area contributed by atoms with Gasteiger partial charge in [-0.2, -0.15) is 0 Å². The van der Waals surface area contributed by atoms with E-state index < -0.39 is 29.1 Å². The average molecular weight is 277 g/mol. The van der Waals surface area contributed by atoms with Crippen molar-refractivity contribution in [3.8, 4) is 0 Å². The Kier molecular flexibility index (Phi) is 6.09. The molecule has 0 amide bonds. The lowest BCUT2D eigenvalue weighted by Gasteiger charge is -2.11. The Morgan fingerprint density at radius 1 is 1.35 bits per heavy atom. The quantitative estimate of drug-likeness (QED) is 0.237. The van der Waals surface area contributed by atoms with Gasteiger partial charge in [-0.05, 0) is 5.56 Å². The summed E-state index contributed by atoms with van der Waals surface area (Å²) in [5, 5.41) is 10.7. The van der Waals surface area contributed by atoms with Gasteiger partial charge in [0.2, 0.25) is 12.3 Å². The van der Waals surface area contributed by atoms with Crippen LogP contribution in [0.2, 0.25) is 0 Å². The van der Waals surface area contributed by atoms with Gasteiger partial charge in [-0.25, -0.2) is 4.79 Å². The molecule has 0 saturated heterocycles. The van der Waals surface area contributed by atoms with Gasteiger partial charge >= 0.3 is 5.97 Å². The largest absolute Gasteiger partial charge is 0.456 e. The second-order valence-corrected chi connectivity index (χ2v) is 4.14. The van der Waals surface area contributed by atoms with Crippen molar-refractivity contribution in [2.45, 2.75) is 12.3 Å². The lowest BCUT2D eigenvalue weighted by atomic mass is 9.94. The molecule has 0 aliphatic carbocycles. The Morgan fingerprint density at radius 3 is 2.55 bits per heavy atom. The normalized spacial score (nSPS) is 11.4. The fraction of sp³-hybridized carbons (Fsp3) is 0.286. The Labute approximate surface area is 116 Å². The van der Waals surface area contributed by atoms with Gasteiger partial charge in [-0.1, -0.05) is 43.0 Å². The van der Waals surface area contributed by atoms with E-state index in [-0.39, 0.29) is 13.0 Å². The minimum absolute atomic E-state index is 0.0597. The number of ketones is 1. The van der Waals surface area contributed by atoms with Crippen LogP contribution in [0, 0.1) is 10.1 Å².